The zero-order valence-electron chi connectivity index (χ0n) is 16.4. The summed E-state index contributed by atoms with van der Waals surface area (Å²) in [4.78, 5) is 22.5. The second kappa shape index (κ2) is 15.8. The predicted octanol–water partition coefficient (Wildman–Crippen LogP) is -3.43. The molecule has 21 heavy (non-hydrogen) atoms. The fourth-order valence-electron chi connectivity index (χ4n) is 1.75. The minimum absolute atomic E-state index is 0. The maximum atomic E-state index is 11.8. The van der Waals surface area contributed by atoms with Crippen LogP contribution in [-0.2, 0) is 14.3 Å². The van der Waals surface area contributed by atoms with E-state index in [-0.39, 0.29) is 74.0 Å². The van der Waals surface area contributed by atoms with Crippen LogP contribution in [0.5, 0.6) is 0 Å². The number of carboxylic acids is 1. The number of unbranched alkanes of at least 4 members (excludes halogenated alkanes) is 2. The van der Waals surface area contributed by atoms with Crippen LogP contribution in [-0.4, -0.2) is 35.2 Å². The van der Waals surface area contributed by atoms with Crippen molar-refractivity contribution in [3.05, 3.63) is 0 Å². The quantitative estimate of drug-likeness (QED) is 0.249. The second-order valence-corrected chi connectivity index (χ2v) is 4.91. The molecule has 0 aromatic heterocycles. The largest absolute Gasteiger partial charge is 1.00 e. The topological polar surface area (TPSA) is 75.6 Å². The van der Waals surface area contributed by atoms with Gasteiger partial charge in [0.25, 0.3) is 0 Å². The summed E-state index contributed by atoms with van der Waals surface area (Å²) in [5.41, 5.74) is 0. The van der Waals surface area contributed by atoms with Crippen LogP contribution in [0.3, 0.4) is 0 Å². The Morgan fingerprint density at radius 3 is 2.14 bits per heavy atom. The molecule has 0 saturated carbocycles. The summed E-state index contributed by atoms with van der Waals surface area (Å²) in [7, 11) is 0. The van der Waals surface area contributed by atoms with Crippen molar-refractivity contribution >= 4 is 11.9 Å². The van der Waals surface area contributed by atoms with Gasteiger partial charge in [-0.1, -0.05) is 26.7 Å². The molecule has 0 aromatic carbocycles. The van der Waals surface area contributed by atoms with E-state index in [9.17, 15) is 9.59 Å². The van der Waals surface area contributed by atoms with E-state index in [4.69, 9.17) is 9.84 Å². The summed E-state index contributed by atoms with van der Waals surface area (Å²) in [5, 5.41) is 11.5. The number of carboxylic acid groups (broad SMARTS) is 1. The van der Waals surface area contributed by atoms with E-state index in [1.165, 1.54) is 6.92 Å². The van der Waals surface area contributed by atoms with Gasteiger partial charge in [0.2, 0.25) is 0 Å². The van der Waals surface area contributed by atoms with Gasteiger partial charge in [0.1, 0.15) is 18.2 Å². The van der Waals surface area contributed by atoms with Crippen molar-refractivity contribution in [1.82, 2.24) is 5.32 Å². The number of esters is 1. The molecule has 0 amide bonds. The molecule has 0 aromatic rings. The molecule has 0 radical (unpaired) electrons. The Bertz CT molecular complexity index is 300. The molecule has 3 unspecified atom stereocenters. The van der Waals surface area contributed by atoms with E-state index < -0.39 is 18.1 Å². The zero-order valence-corrected chi connectivity index (χ0v) is 18.4. The summed E-state index contributed by atoms with van der Waals surface area (Å²) in [6.07, 6.45) is 4.92. The smallest absolute Gasteiger partial charge is 1.00 e. The van der Waals surface area contributed by atoms with E-state index in [0.29, 0.717) is 0 Å². The molecule has 0 fully saturated rings. The van der Waals surface area contributed by atoms with Crippen molar-refractivity contribution < 1.29 is 81.4 Å². The summed E-state index contributed by atoms with van der Waals surface area (Å²) >= 11 is 0. The molecule has 0 heterocycles. The maximum absolute atomic E-state index is 11.8. The first-order valence-electron chi connectivity index (χ1n) is 7.11. The summed E-state index contributed by atoms with van der Waals surface area (Å²) in [6, 6.07) is -1.37. The number of hydrogen-bond donors (Lipinski definition) is 2. The summed E-state index contributed by atoms with van der Waals surface area (Å²) in [5.74, 6) is -1.36. The number of rotatable bonds is 10. The van der Waals surface area contributed by atoms with Gasteiger partial charge in [0.05, 0.1) is 0 Å². The van der Waals surface area contributed by atoms with Gasteiger partial charge in [0.15, 0.2) is 0 Å². The van der Waals surface area contributed by atoms with Crippen LogP contribution in [0.15, 0.2) is 0 Å². The van der Waals surface area contributed by atoms with Gasteiger partial charge in [-0.2, -0.15) is 0 Å². The number of hydrogen-bond acceptors (Lipinski definition) is 4. The van der Waals surface area contributed by atoms with E-state index in [1.54, 1.807) is 6.92 Å². The SMILES string of the molecule is CCCCCC(CC)OC(=O)C(C)NC(C)C(=O)O.[H-].[H-].[Na+].[Na+]. The zero-order chi connectivity index (χ0) is 14.8. The number of aliphatic carboxylic acids is 1. The third-order valence-electron chi connectivity index (χ3n) is 3.09. The molecule has 0 spiro atoms. The molecule has 0 bridgehead atoms. The normalized spacial score (nSPS) is 14.1. The number of nitrogens with one attached hydrogen (secondary N) is 1. The molecule has 0 rings (SSSR count). The molecule has 0 aliphatic rings. The Labute approximate surface area is 175 Å². The molecule has 5 nitrogen and oxygen atoms in total. The Morgan fingerprint density at radius 1 is 1.14 bits per heavy atom. The van der Waals surface area contributed by atoms with Crippen molar-refractivity contribution in [2.24, 2.45) is 0 Å². The van der Waals surface area contributed by atoms with Crippen molar-refractivity contribution in [2.45, 2.75) is 78.0 Å². The van der Waals surface area contributed by atoms with E-state index in [0.717, 1.165) is 32.1 Å². The van der Waals surface area contributed by atoms with Gasteiger partial charge < -0.3 is 12.7 Å². The first kappa shape index (κ1) is 26.8. The molecular weight excluding hydrogens is 292 g/mol. The average molecular weight is 321 g/mol. The van der Waals surface area contributed by atoms with Crippen molar-refractivity contribution in [1.29, 1.82) is 0 Å². The Morgan fingerprint density at radius 2 is 1.71 bits per heavy atom. The summed E-state index contributed by atoms with van der Waals surface area (Å²) < 4.78 is 5.39. The van der Waals surface area contributed by atoms with Crippen LogP contribution in [0.4, 0.5) is 0 Å². The molecule has 0 aliphatic heterocycles. The van der Waals surface area contributed by atoms with E-state index in [1.807, 2.05) is 6.92 Å². The molecule has 0 saturated heterocycles. The van der Waals surface area contributed by atoms with Crippen LogP contribution in [0, 0.1) is 0 Å². The minimum Gasteiger partial charge on any atom is -1.00 e. The Hall–Kier alpha value is 0.900. The van der Waals surface area contributed by atoms with Crippen LogP contribution < -0.4 is 64.4 Å². The number of ether oxygens (including phenoxy) is 1. The molecule has 116 valence electrons. The van der Waals surface area contributed by atoms with Crippen LogP contribution >= 0.6 is 0 Å². The van der Waals surface area contributed by atoms with Gasteiger partial charge in [-0.15, -0.1) is 0 Å². The predicted molar refractivity (Wildman–Crippen MR) is 76.2 cm³/mol. The third-order valence-corrected chi connectivity index (χ3v) is 3.09. The number of carbonyl (C=O) groups is 2. The first-order chi connectivity index (χ1) is 8.92. The standard InChI is InChI=1S/C14H27NO4.2Na.2H/c1-5-7-8-9-12(6-2)19-14(18)11(4)15-10(3)13(16)17;;;;/h10-12,15H,5-9H2,1-4H3,(H,16,17);;;;/q;2*+1;2*-1. The Kier molecular flexibility index (Phi) is 20.1. The van der Waals surface area contributed by atoms with Crippen molar-refractivity contribution in [2.75, 3.05) is 0 Å². The van der Waals surface area contributed by atoms with Gasteiger partial charge >= 0.3 is 71.1 Å². The number of carbonyl (C=O) groups excluding carboxylic acids is 1. The third kappa shape index (κ3) is 13.1. The fourth-order valence-corrected chi connectivity index (χ4v) is 1.75. The van der Waals surface area contributed by atoms with E-state index >= 15 is 0 Å². The maximum Gasteiger partial charge on any atom is 1.00 e. The van der Waals surface area contributed by atoms with Crippen molar-refractivity contribution in [3.63, 3.8) is 0 Å². The van der Waals surface area contributed by atoms with E-state index in [2.05, 4.69) is 12.2 Å². The van der Waals surface area contributed by atoms with Crippen LogP contribution in [0.2, 0.25) is 0 Å². The molecule has 7 heteroatoms. The molecular formula is C14H29NNa2O4. The second-order valence-electron chi connectivity index (χ2n) is 4.91. The van der Waals surface area contributed by atoms with Crippen molar-refractivity contribution in [3.8, 4) is 0 Å². The molecule has 0 aliphatic carbocycles. The van der Waals surface area contributed by atoms with Gasteiger partial charge in [0, 0.05) is 0 Å². The Balaban J connectivity index is -0.000000270. The minimum atomic E-state index is -0.977. The first-order valence-corrected chi connectivity index (χ1v) is 7.11. The monoisotopic (exact) mass is 321 g/mol. The fraction of sp³-hybridized carbons (Fsp3) is 0.857. The van der Waals surface area contributed by atoms with Gasteiger partial charge in [-0.25, -0.2) is 0 Å². The summed E-state index contributed by atoms with van der Waals surface area (Å²) in [6.45, 7) is 7.25. The molecule has 2 N–H and O–H groups in total. The van der Waals surface area contributed by atoms with Crippen LogP contribution in [0.1, 0.15) is 62.7 Å². The van der Waals surface area contributed by atoms with Crippen LogP contribution in [0.25, 0.3) is 0 Å². The van der Waals surface area contributed by atoms with Gasteiger partial charge in [-0.3, -0.25) is 14.9 Å². The molecule has 3 atom stereocenters. The van der Waals surface area contributed by atoms with Gasteiger partial charge in [-0.05, 0) is 33.1 Å². The average Bonchev–Trinajstić information content (AvgIpc) is 2.37.